The van der Waals surface area contributed by atoms with Crippen LogP contribution in [0.25, 0.3) is 0 Å². The molecule has 0 aliphatic carbocycles. The molecule has 166 valence electrons. The van der Waals surface area contributed by atoms with Crippen LogP contribution in [0.4, 0.5) is 0 Å². The second-order valence-electron chi connectivity index (χ2n) is 7.08. The van der Waals surface area contributed by atoms with Gasteiger partial charge in [0, 0.05) is 18.7 Å². The number of carbonyl (C=O) groups is 3. The molecule has 9 heteroatoms. The summed E-state index contributed by atoms with van der Waals surface area (Å²) >= 11 is 0. The topological polar surface area (TPSA) is 122 Å². The van der Waals surface area contributed by atoms with E-state index in [4.69, 9.17) is 10.5 Å². The first-order chi connectivity index (χ1) is 14.5. The number of hydrogen-bond donors (Lipinski definition) is 3. The summed E-state index contributed by atoms with van der Waals surface area (Å²) in [6, 6.07) is 14.4. The fraction of sp³-hybridized carbons (Fsp3) is 0.318. The van der Waals surface area contributed by atoms with Crippen LogP contribution < -0.4 is 15.8 Å². The molecular weight excluding hydrogens is 422 g/mol. The third kappa shape index (κ3) is 6.78. The number of amides is 2. The second-order valence-corrected chi connectivity index (χ2v) is 7.08. The summed E-state index contributed by atoms with van der Waals surface area (Å²) in [5, 5.41) is 12.3. The van der Waals surface area contributed by atoms with Gasteiger partial charge in [-0.05, 0) is 35.4 Å². The van der Waals surface area contributed by atoms with E-state index in [1.165, 1.54) is 4.90 Å². The summed E-state index contributed by atoms with van der Waals surface area (Å²) in [4.78, 5) is 36.9. The van der Waals surface area contributed by atoms with Gasteiger partial charge in [0.1, 0.15) is 11.9 Å². The molecule has 1 heterocycles. The molecule has 1 atom stereocenters. The summed E-state index contributed by atoms with van der Waals surface area (Å²) in [5.41, 5.74) is 8.01. The third-order valence-corrected chi connectivity index (χ3v) is 4.88. The maximum atomic E-state index is 12.2. The highest BCUT2D eigenvalue weighted by molar-refractivity contribution is 5.94. The van der Waals surface area contributed by atoms with E-state index in [0.29, 0.717) is 24.4 Å². The zero-order valence-electron chi connectivity index (χ0n) is 17.0. The number of benzene rings is 2. The fourth-order valence-electron chi connectivity index (χ4n) is 3.05. The summed E-state index contributed by atoms with van der Waals surface area (Å²) < 4.78 is 5.57. The van der Waals surface area contributed by atoms with Gasteiger partial charge in [0.2, 0.25) is 5.91 Å². The van der Waals surface area contributed by atoms with E-state index in [2.05, 4.69) is 5.32 Å². The Hall–Kier alpha value is -2.94. The summed E-state index contributed by atoms with van der Waals surface area (Å²) in [5.74, 6) is -0.117. The number of rotatable bonds is 8. The zero-order chi connectivity index (χ0) is 21.5. The number of halogens is 1. The highest BCUT2D eigenvalue weighted by atomic mass is 35.5. The lowest BCUT2D eigenvalue weighted by molar-refractivity contribution is -0.132. The lowest BCUT2D eigenvalue weighted by Crippen LogP contribution is -2.30. The minimum atomic E-state index is -1.08. The van der Waals surface area contributed by atoms with Gasteiger partial charge in [-0.1, -0.05) is 24.3 Å². The van der Waals surface area contributed by atoms with Gasteiger partial charge in [-0.15, -0.1) is 12.4 Å². The monoisotopic (exact) mass is 447 g/mol. The predicted molar refractivity (Wildman–Crippen MR) is 117 cm³/mol. The van der Waals surface area contributed by atoms with Crippen LogP contribution in [-0.4, -0.2) is 53.4 Å². The van der Waals surface area contributed by atoms with E-state index in [1.807, 2.05) is 24.3 Å². The molecule has 3 rings (SSSR count). The molecular formula is C22H26ClN3O5. The molecule has 2 aromatic rings. The van der Waals surface area contributed by atoms with E-state index in [9.17, 15) is 19.5 Å². The minimum Gasteiger partial charge on any atom is -0.493 e. The lowest BCUT2D eigenvalue weighted by Gasteiger charge is -2.14. The summed E-state index contributed by atoms with van der Waals surface area (Å²) in [7, 11) is 0. The Balaban J connectivity index is 0.00000341. The van der Waals surface area contributed by atoms with Crippen molar-refractivity contribution in [2.75, 3.05) is 19.7 Å². The van der Waals surface area contributed by atoms with Gasteiger partial charge in [-0.3, -0.25) is 14.4 Å². The predicted octanol–water partition coefficient (Wildman–Crippen LogP) is 1.04. The maximum absolute atomic E-state index is 12.2. The SMILES string of the molecule is Cl.NCc1ccc(C(=O)NCc2ccc(OCCC(=O)N3CC(=O)[C@@H](O)C3)cc2)cc1. The first-order valence-corrected chi connectivity index (χ1v) is 9.74. The largest absolute Gasteiger partial charge is 0.493 e. The number of nitrogens with two attached hydrogens (primary N) is 1. The van der Waals surface area contributed by atoms with Crippen molar-refractivity contribution < 1.29 is 24.2 Å². The van der Waals surface area contributed by atoms with Crippen molar-refractivity contribution in [3.8, 4) is 5.75 Å². The standard InChI is InChI=1S/C22H25N3O5.ClH/c23-11-15-1-5-17(6-2-15)22(29)24-12-16-3-7-18(8-4-16)30-10-9-21(28)25-13-19(26)20(27)14-25;/h1-8,19,26H,9-14,23H2,(H,24,29);1H/t19-;/m0./s1. The Kier molecular flexibility index (Phi) is 8.99. The zero-order valence-corrected chi connectivity index (χ0v) is 17.8. The first-order valence-electron chi connectivity index (χ1n) is 9.74. The van der Waals surface area contributed by atoms with Gasteiger partial charge < -0.3 is 25.8 Å². The van der Waals surface area contributed by atoms with E-state index in [-0.39, 0.29) is 56.1 Å². The van der Waals surface area contributed by atoms with Crippen LogP contribution in [-0.2, 0) is 22.7 Å². The number of carbonyl (C=O) groups excluding carboxylic acids is 3. The van der Waals surface area contributed by atoms with E-state index < -0.39 is 6.10 Å². The molecule has 0 spiro atoms. The number of likely N-dealkylation sites (tertiary alicyclic amines) is 1. The Labute approximate surface area is 186 Å². The van der Waals surface area contributed by atoms with Gasteiger partial charge in [0.15, 0.2) is 5.78 Å². The van der Waals surface area contributed by atoms with Crippen molar-refractivity contribution in [2.24, 2.45) is 5.73 Å². The van der Waals surface area contributed by atoms with Crippen LogP contribution in [0.2, 0.25) is 0 Å². The summed E-state index contributed by atoms with van der Waals surface area (Å²) in [6.07, 6.45) is -0.950. The van der Waals surface area contributed by atoms with Crippen LogP contribution in [0.5, 0.6) is 5.75 Å². The van der Waals surface area contributed by atoms with Crippen LogP contribution in [0.1, 0.15) is 27.9 Å². The van der Waals surface area contributed by atoms with Crippen molar-refractivity contribution in [3.63, 3.8) is 0 Å². The number of β-amino-alcohol motifs (C(OH)–C–C–N with tert-alkyl or cyclic N) is 1. The Bertz CT molecular complexity index is 902. The minimum absolute atomic E-state index is 0. The molecule has 31 heavy (non-hydrogen) atoms. The normalized spacial score (nSPS) is 15.4. The van der Waals surface area contributed by atoms with Crippen LogP contribution in [0.15, 0.2) is 48.5 Å². The maximum Gasteiger partial charge on any atom is 0.251 e. The Morgan fingerprint density at radius 1 is 1.10 bits per heavy atom. The number of aliphatic hydroxyl groups excluding tert-OH is 1. The van der Waals surface area contributed by atoms with Crippen LogP contribution in [0, 0.1) is 0 Å². The Morgan fingerprint density at radius 2 is 1.74 bits per heavy atom. The van der Waals surface area contributed by atoms with E-state index in [0.717, 1.165) is 11.1 Å². The molecule has 0 radical (unpaired) electrons. The first kappa shape index (κ1) is 24.3. The molecule has 2 amide bonds. The van der Waals surface area contributed by atoms with E-state index in [1.54, 1.807) is 24.3 Å². The van der Waals surface area contributed by atoms with Gasteiger partial charge in [-0.25, -0.2) is 0 Å². The van der Waals surface area contributed by atoms with E-state index >= 15 is 0 Å². The molecule has 1 fully saturated rings. The van der Waals surface area contributed by atoms with Crippen molar-refractivity contribution in [3.05, 3.63) is 65.2 Å². The fourth-order valence-corrected chi connectivity index (χ4v) is 3.05. The molecule has 4 N–H and O–H groups in total. The number of Topliss-reactive ketones (excluding diaryl/α,β-unsaturated/α-hetero) is 1. The third-order valence-electron chi connectivity index (χ3n) is 4.88. The molecule has 1 saturated heterocycles. The number of ketones is 1. The highest BCUT2D eigenvalue weighted by Crippen LogP contribution is 2.14. The molecule has 0 bridgehead atoms. The number of hydrogen-bond acceptors (Lipinski definition) is 6. The molecule has 0 saturated carbocycles. The van der Waals surface area contributed by atoms with Crippen molar-refractivity contribution in [2.45, 2.75) is 25.6 Å². The van der Waals surface area contributed by atoms with Crippen molar-refractivity contribution in [1.82, 2.24) is 10.2 Å². The van der Waals surface area contributed by atoms with Gasteiger partial charge in [0.25, 0.3) is 5.91 Å². The van der Waals surface area contributed by atoms with Crippen LogP contribution in [0.3, 0.4) is 0 Å². The lowest BCUT2D eigenvalue weighted by atomic mass is 10.1. The Morgan fingerprint density at radius 3 is 2.32 bits per heavy atom. The highest BCUT2D eigenvalue weighted by Gasteiger charge is 2.31. The molecule has 1 aliphatic rings. The average molecular weight is 448 g/mol. The molecule has 2 aromatic carbocycles. The van der Waals surface area contributed by atoms with Gasteiger partial charge >= 0.3 is 0 Å². The number of ether oxygens (including phenoxy) is 1. The van der Waals surface area contributed by atoms with Crippen molar-refractivity contribution in [1.29, 1.82) is 0 Å². The number of nitrogens with one attached hydrogen (secondary N) is 1. The second kappa shape index (κ2) is 11.5. The number of aliphatic hydroxyl groups is 1. The smallest absolute Gasteiger partial charge is 0.251 e. The molecule has 8 nitrogen and oxygen atoms in total. The number of nitrogens with zero attached hydrogens (tertiary/aromatic N) is 1. The molecule has 0 aromatic heterocycles. The summed E-state index contributed by atoms with van der Waals surface area (Å²) in [6.45, 7) is 0.994. The van der Waals surface area contributed by atoms with Crippen LogP contribution >= 0.6 is 12.4 Å². The quantitative estimate of drug-likeness (QED) is 0.555. The van der Waals surface area contributed by atoms with Gasteiger partial charge in [0.05, 0.1) is 26.1 Å². The average Bonchev–Trinajstić information content (AvgIpc) is 3.11. The molecule has 1 aliphatic heterocycles. The molecule has 0 unspecified atom stereocenters. The van der Waals surface area contributed by atoms with Crippen molar-refractivity contribution >= 4 is 30.0 Å². The van der Waals surface area contributed by atoms with Gasteiger partial charge in [-0.2, -0.15) is 0 Å².